The minimum Gasteiger partial charge on any atom is -0.493 e. The van der Waals surface area contributed by atoms with Gasteiger partial charge in [-0.2, -0.15) is 0 Å². The van der Waals surface area contributed by atoms with Gasteiger partial charge in [0.25, 0.3) is 0 Å². The Kier molecular flexibility index (Phi) is 11.1. The van der Waals surface area contributed by atoms with Crippen molar-refractivity contribution >= 4 is 11.9 Å². The summed E-state index contributed by atoms with van der Waals surface area (Å²) in [5.74, 6) is 1.44. The van der Waals surface area contributed by atoms with Gasteiger partial charge in [-0.05, 0) is 31.0 Å². The van der Waals surface area contributed by atoms with Crippen LogP contribution in [0.1, 0.15) is 30.0 Å². The third-order valence-corrected chi connectivity index (χ3v) is 5.00. The van der Waals surface area contributed by atoms with Crippen LogP contribution in [0, 0.1) is 6.92 Å². The molecule has 2 aromatic rings. The van der Waals surface area contributed by atoms with Crippen LogP contribution in [-0.2, 0) is 22.6 Å². The van der Waals surface area contributed by atoms with Crippen LogP contribution in [0.3, 0.4) is 0 Å². The van der Waals surface area contributed by atoms with Crippen LogP contribution in [0.25, 0.3) is 0 Å². The van der Waals surface area contributed by atoms with Crippen molar-refractivity contribution in [2.75, 3.05) is 40.5 Å². The van der Waals surface area contributed by atoms with Gasteiger partial charge in [-0.1, -0.05) is 42.5 Å². The van der Waals surface area contributed by atoms with E-state index < -0.39 is 0 Å². The Balaban J connectivity index is 1.88. The van der Waals surface area contributed by atoms with Gasteiger partial charge >= 0.3 is 0 Å². The molecule has 0 radical (unpaired) electrons. The zero-order chi connectivity index (χ0) is 23.2. The number of carbonyl (C=O) groups excluding carboxylic acids is 1. The van der Waals surface area contributed by atoms with E-state index >= 15 is 0 Å². The third-order valence-electron chi connectivity index (χ3n) is 5.00. The van der Waals surface area contributed by atoms with Gasteiger partial charge in [0, 0.05) is 52.4 Å². The monoisotopic (exact) mass is 440 g/mol. The largest absolute Gasteiger partial charge is 0.493 e. The summed E-state index contributed by atoms with van der Waals surface area (Å²) in [4.78, 5) is 18.8. The molecule has 0 heterocycles. The Morgan fingerprint density at radius 2 is 1.88 bits per heavy atom. The number of methoxy groups -OCH3 is 1. The number of aryl methyl sites for hydroxylation is 1. The van der Waals surface area contributed by atoms with Crippen molar-refractivity contribution in [1.82, 2.24) is 15.5 Å². The average Bonchev–Trinajstić information content (AvgIpc) is 2.81. The van der Waals surface area contributed by atoms with E-state index in [9.17, 15) is 4.79 Å². The number of ether oxygens (including phenoxy) is 2. The second-order valence-electron chi connectivity index (χ2n) is 7.48. The topological polar surface area (TPSA) is 75.2 Å². The average molecular weight is 441 g/mol. The Morgan fingerprint density at radius 1 is 1.09 bits per heavy atom. The molecule has 0 saturated carbocycles. The zero-order valence-corrected chi connectivity index (χ0v) is 19.7. The SMILES string of the molecule is CCN(Cc1ccccc1)C(=O)CNC(=NC)NCc1ccc(C)cc1OCCCOC. The molecule has 0 aromatic heterocycles. The Morgan fingerprint density at radius 3 is 2.56 bits per heavy atom. The van der Waals surface area contributed by atoms with Crippen molar-refractivity contribution in [2.45, 2.75) is 33.4 Å². The van der Waals surface area contributed by atoms with Gasteiger partial charge in [-0.25, -0.2) is 0 Å². The fourth-order valence-corrected chi connectivity index (χ4v) is 3.18. The molecule has 0 aliphatic carbocycles. The molecule has 1 amide bonds. The predicted octanol–water partition coefficient (Wildman–Crippen LogP) is 3.12. The second-order valence-corrected chi connectivity index (χ2v) is 7.48. The first kappa shape index (κ1) is 25.2. The molecule has 32 heavy (non-hydrogen) atoms. The summed E-state index contributed by atoms with van der Waals surface area (Å²) in [6, 6.07) is 16.1. The standard InChI is InChI=1S/C25H36N4O3/c1-5-29(19-21-10-7-6-8-11-21)24(30)18-28-25(26-3)27-17-22-13-12-20(2)16-23(22)32-15-9-14-31-4/h6-8,10-13,16H,5,9,14-15,17-19H2,1-4H3,(H2,26,27,28). The molecule has 174 valence electrons. The molecule has 0 atom stereocenters. The van der Waals surface area contributed by atoms with E-state index in [4.69, 9.17) is 9.47 Å². The molecule has 2 N–H and O–H groups in total. The molecule has 0 saturated heterocycles. The lowest BCUT2D eigenvalue weighted by atomic mass is 10.1. The maximum Gasteiger partial charge on any atom is 0.242 e. The highest BCUT2D eigenvalue weighted by atomic mass is 16.5. The van der Waals surface area contributed by atoms with Crippen LogP contribution in [0.15, 0.2) is 53.5 Å². The van der Waals surface area contributed by atoms with Crippen molar-refractivity contribution in [1.29, 1.82) is 0 Å². The lowest BCUT2D eigenvalue weighted by molar-refractivity contribution is -0.130. The van der Waals surface area contributed by atoms with Crippen molar-refractivity contribution < 1.29 is 14.3 Å². The Labute approximate surface area is 191 Å². The number of amides is 1. The third kappa shape index (κ3) is 8.59. The number of aliphatic imine (C=N–C) groups is 1. The number of hydrogen-bond acceptors (Lipinski definition) is 4. The lowest BCUT2D eigenvalue weighted by Crippen LogP contribution is -2.44. The molecule has 0 fully saturated rings. The zero-order valence-electron chi connectivity index (χ0n) is 19.7. The summed E-state index contributed by atoms with van der Waals surface area (Å²) in [5, 5.41) is 6.39. The van der Waals surface area contributed by atoms with Crippen molar-refractivity contribution in [2.24, 2.45) is 4.99 Å². The normalized spacial score (nSPS) is 11.2. The maximum atomic E-state index is 12.7. The highest BCUT2D eigenvalue weighted by Crippen LogP contribution is 2.20. The smallest absolute Gasteiger partial charge is 0.242 e. The van der Waals surface area contributed by atoms with Crippen LogP contribution in [0.4, 0.5) is 0 Å². The molecule has 7 nitrogen and oxygen atoms in total. The van der Waals surface area contributed by atoms with Gasteiger partial charge in [0.2, 0.25) is 5.91 Å². The van der Waals surface area contributed by atoms with Crippen LogP contribution in [-0.4, -0.2) is 57.2 Å². The molecule has 7 heteroatoms. The molecule has 2 aromatic carbocycles. The van der Waals surface area contributed by atoms with Crippen LogP contribution in [0.2, 0.25) is 0 Å². The summed E-state index contributed by atoms with van der Waals surface area (Å²) < 4.78 is 11.0. The van der Waals surface area contributed by atoms with E-state index in [0.717, 1.165) is 28.9 Å². The fraction of sp³-hybridized carbons (Fsp3) is 0.440. The minimum absolute atomic E-state index is 0.0248. The maximum absolute atomic E-state index is 12.7. The van der Waals surface area contributed by atoms with E-state index in [1.54, 1.807) is 14.2 Å². The highest BCUT2D eigenvalue weighted by molar-refractivity contribution is 5.86. The second kappa shape index (κ2) is 14.1. The molecular weight excluding hydrogens is 404 g/mol. The summed E-state index contributed by atoms with van der Waals surface area (Å²) in [7, 11) is 3.38. The van der Waals surface area contributed by atoms with E-state index in [0.29, 0.717) is 38.8 Å². The van der Waals surface area contributed by atoms with E-state index in [2.05, 4.69) is 21.7 Å². The van der Waals surface area contributed by atoms with Crippen molar-refractivity contribution in [3.05, 3.63) is 65.2 Å². The molecular formula is C25H36N4O3. The first-order chi connectivity index (χ1) is 15.6. The number of nitrogens with zero attached hydrogens (tertiary/aromatic N) is 2. The number of rotatable bonds is 12. The highest BCUT2D eigenvalue weighted by Gasteiger charge is 2.13. The van der Waals surface area contributed by atoms with Gasteiger partial charge in [0.15, 0.2) is 5.96 Å². The molecule has 0 aliphatic heterocycles. The van der Waals surface area contributed by atoms with Gasteiger partial charge in [0.05, 0.1) is 13.2 Å². The Bertz CT molecular complexity index is 856. The molecule has 0 bridgehead atoms. The molecule has 0 aliphatic rings. The van der Waals surface area contributed by atoms with E-state index in [1.165, 1.54) is 0 Å². The number of likely N-dealkylation sites (N-methyl/N-ethyl adjacent to an activating group) is 1. The minimum atomic E-state index is 0.0248. The fourth-order valence-electron chi connectivity index (χ4n) is 3.18. The lowest BCUT2D eigenvalue weighted by Gasteiger charge is -2.22. The summed E-state index contributed by atoms with van der Waals surface area (Å²) >= 11 is 0. The molecule has 2 rings (SSSR count). The van der Waals surface area contributed by atoms with E-state index in [1.807, 2.05) is 61.2 Å². The number of nitrogens with one attached hydrogen (secondary N) is 2. The van der Waals surface area contributed by atoms with Gasteiger partial charge in [-0.3, -0.25) is 9.79 Å². The quantitative estimate of drug-likeness (QED) is 0.301. The summed E-state index contributed by atoms with van der Waals surface area (Å²) in [6.45, 7) is 7.25. The molecule has 0 unspecified atom stereocenters. The van der Waals surface area contributed by atoms with Crippen LogP contribution in [0.5, 0.6) is 5.75 Å². The number of carbonyl (C=O) groups is 1. The van der Waals surface area contributed by atoms with Crippen molar-refractivity contribution in [3.63, 3.8) is 0 Å². The first-order valence-electron chi connectivity index (χ1n) is 11.0. The van der Waals surface area contributed by atoms with Gasteiger partial charge in [0.1, 0.15) is 5.75 Å². The number of benzene rings is 2. The molecule has 0 spiro atoms. The van der Waals surface area contributed by atoms with Gasteiger partial charge in [-0.15, -0.1) is 0 Å². The first-order valence-corrected chi connectivity index (χ1v) is 11.0. The summed E-state index contributed by atoms with van der Waals surface area (Å²) in [5.41, 5.74) is 3.28. The van der Waals surface area contributed by atoms with E-state index in [-0.39, 0.29) is 12.5 Å². The predicted molar refractivity (Wildman–Crippen MR) is 129 cm³/mol. The van der Waals surface area contributed by atoms with Crippen LogP contribution >= 0.6 is 0 Å². The summed E-state index contributed by atoms with van der Waals surface area (Å²) in [6.07, 6.45) is 0.833. The number of hydrogen-bond donors (Lipinski definition) is 2. The van der Waals surface area contributed by atoms with Crippen LogP contribution < -0.4 is 15.4 Å². The van der Waals surface area contributed by atoms with Gasteiger partial charge < -0.3 is 25.0 Å². The number of guanidine groups is 1. The van der Waals surface area contributed by atoms with Crippen molar-refractivity contribution in [3.8, 4) is 5.75 Å². The Hall–Kier alpha value is -3.06.